The molecule has 12 heteroatoms. The van der Waals surface area contributed by atoms with E-state index in [-0.39, 0.29) is 35.2 Å². The fraction of sp³-hybridized carbons (Fsp3) is 0.240. The predicted molar refractivity (Wildman–Crippen MR) is 146 cm³/mol. The minimum atomic E-state index is -3.79. The molecule has 0 radical (unpaired) electrons. The van der Waals surface area contributed by atoms with E-state index in [4.69, 9.17) is 16.3 Å². The van der Waals surface area contributed by atoms with Gasteiger partial charge in [0.05, 0.1) is 29.0 Å². The van der Waals surface area contributed by atoms with Crippen LogP contribution in [0.25, 0.3) is 0 Å². The lowest BCUT2D eigenvalue weighted by atomic mass is 10.2. The minimum absolute atomic E-state index is 0.0465. The van der Waals surface area contributed by atoms with E-state index in [0.29, 0.717) is 22.8 Å². The molecule has 0 aliphatic heterocycles. The second kappa shape index (κ2) is 11.8. The number of carbonyl (C=O) groups is 1. The Morgan fingerprint density at radius 3 is 2.27 bits per heavy atom. The molecule has 0 saturated carbocycles. The third kappa shape index (κ3) is 7.85. The number of carbonyl (C=O) groups excluding carboxylic acids is 1. The minimum Gasteiger partial charge on any atom is -0.495 e. The molecule has 3 aromatic carbocycles. The van der Waals surface area contributed by atoms with Crippen molar-refractivity contribution in [2.24, 2.45) is 0 Å². The first-order chi connectivity index (χ1) is 17.4. The average molecular weight is 566 g/mol. The summed E-state index contributed by atoms with van der Waals surface area (Å²) < 4.78 is 58.7. The normalized spacial score (nSPS) is 11.6. The van der Waals surface area contributed by atoms with Gasteiger partial charge in [-0.15, -0.1) is 0 Å². The number of halogens is 1. The largest absolute Gasteiger partial charge is 0.495 e. The van der Waals surface area contributed by atoms with E-state index in [1.54, 1.807) is 30.3 Å². The van der Waals surface area contributed by atoms with Gasteiger partial charge in [-0.1, -0.05) is 23.7 Å². The van der Waals surface area contributed by atoms with Crippen molar-refractivity contribution in [3.63, 3.8) is 0 Å². The van der Waals surface area contributed by atoms with Gasteiger partial charge < -0.3 is 10.1 Å². The molecule has 0 fully saturated rings. The zero-order valence-corrected chi connectivity index (χ0v) is 23.0. The highest BCUT2D eigenvalue weighted by Crippen LogP contribution is 2.30. The van der Waals surface area contributed by atoms with Gasteiger partial charge in [0, 0.05) is 24.3 Å². The van der Waals surface area contributed by atoms with Gasteiger partial charge in [-0.25, -0.2) is 16.8 Å². The molecule has 37 heavy (non-hydrogen) atoms. The molecule has 0 atom stereocenters. The molecule has 0 spiro atoms. The highest BCUT2D eigenvalue weighted by atomic mass is 35.5. The molecular formula is C25H28ClN3O6S2. The van der Waals surface area contributed by atoms with Crippen LogP contribution in [-0.2, 0) is 24.8 Å². The van der Waals surface area contributed by atoms with Gasteiger partial charge in [0.1, 0.15) is 5.75 Å². The van der Waals surface area contributed by atoms with Crippen molar-refractivity contribution in [3.05, 3.63) is 77.3 Å². The van der Waals surface area contributed by atoms with E-state index in [9.17, 15) is 21.6 Å². The topological polar surface area (TPSA) is 122 Å². The van der Waals surface area contributed by atoms with E-state index in [1.807, 2.05) is 13.0 Å². The van der Waals surface area contributed by atoms with Crippen LogP contribution in [0, 0.1) is 6.92 Å². The first-order valence-corrected chi connectivity index (χ1v) is 14.9. The maximum Gasteiger partial charge on any atom is 0.261 e. The summed E-state index contributed by atoms with van der Waals surface area (Å²) >= 11 is 6.13. The average Bonchev–Trinajstić information content (AvgIpc) is 2.81. The van der Waals surface area contributed by atoms with Crippen molar-refractivity contribution in [1.82, 2.24) is 0 Å². The molecule has 1 amide bonds. The molecule has 0 aliphatic carbocycles. The zero-order valence-electron chi connectivity index (χ0n) is 20.6. The van der Waals surface area contributed by atoms with Gasteiger partial charge in [-0.3, -0.25) is 13.8 Å². The molecule has 198 valence electrons. The number of ether oxygens (including phenoxy) is 1. The van der Waals surface area contributed by atoms with Gasteiger partial charge in [0.25, 0.3) is 10.0 Å². The number of anilines is 3. The van der Waals surface area contributed by atoms with E-state index < -0.39 is 20.0 Å². The molecule has 0 saturated heterocycles. The standard InChI is InChI=1S/C25H28ClN3O6S2/c1-18-6-4-7-20(16-18)28-37(33,34)22-12-9-19(10-13-22)27-25(30)8-5-15-29(36(3,31)32)21-11-14-24(35-2)23(26)17-21/h4,6-7,9-14,16-17,28H,5,8,15H2,1-3H3,(H,27,30). The Bertz CT molecular complexity index is 1480. The number of amides is 1. The number of sulfonamides is 2. The Labute approximate surface area is 222 Å². The van der Waals surface area contributed by atoms with Crippen LogP contribution in [0.15, 0.2) is 71.6 Å². The summed E-state index contributed by atoms with van der Waals surface area (Å²) in [5.74, 6) is 0.0812. The Hall–Kier alpha value is -3.28. The summed E-state index contributed by atoms with van der Waals surface area (Å²) in [6, 6.07) is 17.4. The summed E-state index contributed by atoms with van der Waals surface area (Å²) in [5.41, 5.74) is 2.16. The van der Waals surface area contributed by atoms with E-state index in [0.717, 1.165) is 11.8 Å². The van der Waals surface area contributed by atoms with Crippen LogP contribution < -0.4 is 19.1 Å². The Balaban J connectivity index is 1.58. The summed E-state index contributed by atoms with van der Waals surface area (Å²) in [6.45, 7) is 1.93. The second-order valence-electron chi connectivity index (χ2n) is 8.31. The number of nitrogens with zero attached hydrogens (tertiary/aromatic N) is 1. The number of methoxy groups -OCH3 is 1. The summed E-state index contributed by atoms with van der Waals surface area (Å²) in [6.07, 6.45) is 1.37. The van der Waals surface area contributed by atoms with Crippen LogP contribution in [0.2, 0.25) is 5.02 Å². The molecule has 0 bridgehead atoms. The molecular weight excluding hydrogens is 538 g/mol. The quantitative estimate of drug-likeness (QED) is 0.349. The third-order valence-electron chi connectivity index (χ3n) is 5.31. The predicted octanol–water partition coefficient (Wildman–Crippen LogP) is 4.64. The van der Waals surface area contributed by atoms with Crippen LogP contribution >= 0.6 is 11.6 Å². The molecule has 0 unspecified atom stereocenters. The number of hydrogen-bond acceptors (Lipinski definition) is 6. The molecule has 2 N–H and O–H groups in total. The smallest absolute Gasteiger partial charge is 0.261 e. The van der Waals surface area contributed by atoms with Crippen LogP contribution in [0.3, 0.4) is 0 Å². The van der Waals surface area contributed by atoms with Crippen molar-refractivity contribution >= 4 is 54.6 Å². The molecule has 3 aromatic rings. The Morgan fingerprint density at radius 2 is 1.68 bits per heavy atom. The van der Waals surface area contributed by atoms with Gasteiger partial charge in [-0.05, 0) is 73.5 Å². The number of nitrogens with one attached hydrogen (secondary N) is 2. The maximum atomic E-state index is 12.6. The molecule has 0 heterocycles. The number of hydrogen-bond donors (Lipinski definition) is 2. The van der Waals surface area contributed by atoms with E-state index >= 15 is 0 Å². The summed E-state index contributed by atoms with van der Waals surface area (Å²) in [7, 11) is -5.94. The van der Waals surface area contributed by atoms with Gasteiger partial charge in [0.15, 0.2) is 0 Å². The number of aryl methyl sites for hydroxylation is 1. The van der Waals surface area contributed by atoms with E-state index in [1.165, 1.54) is 41.7 Å². The van der Waals surface area contributed by atoms with Gasteiger partial charge in [-0.2, -0.15) is 0 Å². The first-order valence-electron chi connectivity index (χ1n) is 11.2. The molecule has 3 rings (SSSR count). The summed E-state index contributed by atoms with van der Waals surface area (Å²) in [4.78, 5) is 12.5. The maximum absolute atomic E-state index is 12.6. The number of benzene rings is 3. The zero-order chi connectivity index (χ0) is 27.2. The monoisotopic (exact) mass is 565 g/mol. The van der Waals surface area contributed by atoms with Crippen molar-refractivity contribution < 1.29 is 26.4 Å². The fourth-order valence-electron chi connectivity index (χ4n) is 3.54. The third-order valence-corrected chi connectivity index (χ3v) is 8.19. The van der Waals surface area contributed by atoms with Crippen molar-refractivity contribution in [2.45, 2.75) is 24.7 Å². The van der Waals surface area contributed by atoms with E-state index in [2.05, 4.69) is 10.0 Å². The Morgan fingerprint density at radius 1 is 0.973 bits per heavy atom. The van der Waals surface area contributed by atoms with Crippen molar-refractivity contribution in [1.29, 1.82) is 0 Å². The van der Waals surface area contributed by atoms with Crippen LogP contribution in [0.5, 0.6) is 5.75 Å². The molecule has 0 aromatic heterocycles. The lowest BCUT2D eigenvalue weighted by Crippen LogP contribution is -2.31. The van der Waals surface area contributed by atoms with Gasteiger partial charge >= 0.3 is 0 Å². The summed E-state index contributed by atoms with van der Waals surface area (Å²) in [5, 5.41) is 2.96. The van der Waals surface area contributed by atoms with Crippen molar-refractivity contribution in [3.8, 4) is 5.75 Å². The second-order valence-corrected chi connectivity index (χ2v) is 12.3. The Kier molecular flexibility index (Phi) is 9.06. The lowest BCUT2D eigenvalue weighted by molar-refractivity contribution is -0.116. The van der Waals surface area contributed by atoms with Crippen molar-refractivity contribution in [2.75, 3.05) is 34.3 Å². The van der Waals surface area contributed by atoms with Gasteiger partial charge in [0.2, 0.25) is 15.9 Å². The fourth-order valence-corrected chi connectivity index (χ4v) is 5.80. The molecule has 9 nitrogen and oxygen atoms in total. The number of rotatable bonds is 11. The highest BCUT2D eigenvalue weighted by molar-refractivity contribution is 7.92. The van der Waals surface area contributed by atoms with Crippen LogP contribution in [0.1, 0.15) is 18.4 Å². The molecule has 0 aliphatic rings. The highest BCUT2D eigenvalue weighted by Gasteiger charge is 2.19. The lowest BCUT2D eigenvalue weighted by Gasteiger charge is -2.23. The van der Waals surface area contributed by atoms with Crippen LogP contribution in [-0.4, -0.2) is 42.7 Å². The SMILES string of the molecule is COc1ccc(N(CCCC(=O)Nc2ccc(S(=O)(=O)Nc3cccc(C)c3)cc2)S(C)(=O)=O)cc1Cl. The first kappa shape index (κ1) is 28.3. The van der Waals surface area contributed by atoms with Crippen LogP contribution in [0.4, 0.5) is 17.1 Å².